The number of hydrogen-bond acceptors (Lipinski definition) is 0. The molecule has 0 aromatic carbocycles. The van der Waals surface area contributed by atoms with Crippen molar-refractivity contribution in [2.75, 3.05) is 0 Å². The van der Waals surface area contributed by atoms with Crippen molar-refractivity contribution in [1.29, 1.82) is 0 Å². The summed E-state index contributed by atoms with van der Waals surface area (Å²) in [4.78, 5) is 0. The van der Waals surface area contributed by atoms with Gasteiger partial charge in [-0.2, -0.15) is 0 Å². The van der Waals surface area contributed by atoms with E-state index in [0.717, 1.165) is 11.8 Å². The highest BCUT2D eigenvalue weighted by atomic mass is 14.1. The van der Waals surface area contributed by atoms with Gasteiger partial charge in [-0.15, -0.1) is 6.58 Å². The van der Waals surface area contributed by atoms with E-state index in [-0.39, 0.29) is 0 Å². The third-order valence-electron chi connectivity index (χ3n) is 1.78. The monoisotopic (exact) mass is 126 g/mol. The van der Waals surface area contributed by atoms with Crippen LogP contribution in [0.3, 0.4) is 0 Å². The maximum Gasteiger partial charge on any atom is -0.0213 e. The van der Waals surface area contributed by atoms with Crippen LogP contribution < -0.4 is 0 Å². The Hall–Kier alpha value is -0.260. The zero-order valence-electron chi connectivity index (χ0n) is 6.85. The van der Waals surface area contributed by atoms with Crippen LogP contribution in [0.4, 0.5) is 0 Å². The standard InChI is InChI=1S/C9H18/c1-5-7-9(6-2)8(3)4/h6,8-9H,2,5,7H2,1,3-4H3/t9-/m1/s1. The molecule has 54 valence electrons. The first kappa shape index (κ1) is 8.74. The van der Waals surface area contributed by atoms with Crippen molar-refractivity contribution < 1.29 is 0 Å². The van der Waals surface area contributed by atoms with E-state index in [1.165, 1.54) is 12.8 Å². The van der Waals surface area contributed by atoms with Crippen LogP contribution in [0.5, 0.6) is 0 Å². The Balaban J connectivity index is 3.54. The van der Waals surface area contributed by atoms with Gasteiger partial charge in [0.2, 0.25) is 0 Å². The Morgan fingerprint density at radius 1 is 1.44 bits per heavy atom. The predicted molar refractivity (Wildman–Crippen MR) is 43.4 cm³/mol. The van der Waals surface area contributed by atoms with E-state index in [1.54, 1.807) is 0 Å². The smallest absolute Gasteiger partial charge is 0.0213 e. The molecule has 0 aliphatic rings. The molecule has 0 amide bonds. The molecule has 0 radical (unpaired) electrons. The zero-order chi connectivity index (χ0) is 7.28. The van der Waals surface area contributed by atoms with Gasteiger partial charge >= 0.3 is 0 Å². The summed E-state index contributed by atoms with van der Waals surface area (Å²) in [5.74, 6) is 1.50. The minimum Gasteiger partial charge on any atom is -0.103 e. The SMILES string of the molecule is C=C[C@H](CCC)C(C)C. The van der Waals surface area contributed by atoms with Gasteiger partial charge in [0.15, 0.2) is 0 Å². The molecule has 0 saturated carbocycles. The maximum absolute atomic E-state index is 3.80. The summed E-state index contributed by atoms with van der Waals surface area (Å²) in [6.07, 6.45) is 4.64. The number of allylic oxidation sites excluding steroid dienone is 1. The lowest BCUT2D eigenvalue weighted by molar-refractivity contribution is 0.433. The predicted octanol–water partition coefficient (Wildman–Crippen LogP) is 3.24. The fraction of sp³-hybridized carbons (Fsp3) is 0.778. The van der Waals surface area contributed by atoms with Gasteiger partial charge in [-0.25, -0.2) is 0 Å². The van der Waals surface area contributed by atoms with E-state index in [1.807, 2.05) is 0 Å². The molecule has 0 aliphatic carbocycles. The summed E-state index contributed by atoms with van der Waals surface area (Å²) in [7, 11) is 0. The van der Waals surface area contributed by atoms with Gasteiger partial charge in [0.1, 0.15) is 0 Å². The van der Waals surface area contributed by atoms with Gasteiger partial charge in [0.05, 0.1) is 0 Å². The third kappa shape index (κ3) is 3.34. The van der Waals surface area contributed by atoms with Crippen molar-refractivity contribution in [2.24, 2.45) is 11.8 Å². The quantitative estimate of drug-likeness (QED) is 0.507. The maximum atomic E-state index is 3.80. The Labute approximate surface area is 59.0 Å². The summed E-state index contributed by atoms with van der Waals surface area (Å²) >= 11 is 0. The van der Waals surface area contributed by atoms with Gasteiger partial charge in [0, 0.05) is 0 Å². The molecule has 0 bridgehead atoms. The van der Waals surface area contributed by atoms with E-state index < -0.39 is 0 Å². The van der Waals surface area contributed by atoms with Crippen molar-refractivity contribution >= 4 is 0 Å². The fourth-order valence-electron chi connectivity index (χ4n) is 1.06. The molecular formula is C9H18. The topological polar surface area (TPSA) is 0 Å². The highest BCUT2D eigenvalue weighted by molar-refractivity contribution is 4.80. The van der Waals surface area contributed by atoms with Crippen LogP contribution in [0.25, 0.3) is 0 Å². The van der Waals surface area contributed by atoms with Crippen LogP contribution in [0.15, 0.2) is 12.7 Å². The Kier molecular flexibility index (Phi) is 4.47. The minimum absolute atomic E-state index is 0.731. The van der Waals surface area contributed by atoms with Gasteiger partial charge in [-0.1, -0.05) is 33.3 Å². The molecule has 1 atom stereocenters. The Bertz CT molecular complexity index is 72.1. The lowest BCUT2D eigenvalue weighted by atomic mass is 9.92. The lowest BCUT2D eigenvalue weighted by Crippen LogP contribution is -2.03. The molecule has 0 saturated heterocycles. The summed E-state index contributed by atoms with van der Waals surface area (Å²) < 4.78 is 0. The highest BCUT2D eigenvalue weighted by Gasteiger charge is 2.05. The van der Waals surface area contributed by atoms with Crippen molar-refractivity contribution in [3.63, 3.8) is 0 Å². The molecule has 0 unspecified atom stereocenters. The zero-order valence-corrected chi connectivity index (χ0v) is 6.85. The number of hydrogen-bond donors (Lipinski definition) is 0. The van der Waals surface area contributed by atoms with Gasteiger partial charge in [-0.05, 0) is 18.3 Å². The van der Waals surface area contributed by atoms with E-state index in [0.29, 0.717) is 0 Å². The van der Waals surface area contributed by atoms with Gasteiger partial charge < -0.3 is 0 Å². The first-order chi connectivity index (χ1) is 4.22. The van der Waals surface area contributed by atoms with Crippen molar-refractivity contribution in [3.05, 3.63) is 12.7 Å². The van der Waals surface area contributed by atoms with E-state index in [9.17, 15) is 0 Å². The second-order valence-corrected chi connectivity index (χ2v) is 2.93. The van der Waals surface area contributed by atoms with Crippen LogP contribution in [0.2, 0.25) is 0 Å². The van der Waals surface area contributed by atoms with Crippen LogP contribution in [-0.2, 0) is 0 Å². The molecular weight excluding hydrogens is 108 g/mol. The first-order valence-electron chi connectivity index (χ1n) is 3.84. The molecule has 0 aliphatic heterocycles. The molecule has 0 aromatic heterocycles. The Morgan fingerprint density at radius 3 is 2.11 bits per heavy atom. The minimum atomic E-state index is 0.731. The lowest BCUT2D eigenvalue weighted by Gasteiger charge is -2.14. The first-order valence-corrected chi connectivity index (χ1v) is 3.84. The fourth-order valence-corrected chi connectivity index (χ4v) is 1.06. The van der Waals surface area contributed by atoms with Gasteiger partial charge in [-0.3, -0.25) is 0 Å². The molecule has 0 N–H and O–H groups in total. The largest absolute Gasteiger partial charge is 0.103 e. The second-order valence-electron chi connectivity index (χ2n) is 2.93. The summed E-state index contributed by atoms with van der Waals surface area (Å²) in [6.45, 7) is 10.5. The molecule has 0 aromatic rings. The van der Waals surface area contributed by atoms with Crippen molar-refractivity contribution in [3.8, 4) is 0 Å². The summed E-state index contributed by atoms with van der Waals surface area (Å²) in [5, 5.41) is 0. The third-order valence-corrected chi connectivity index (χ3v) is 1.78. The average molecular weight is 126 g/mol. The summed E-state index contributed by atoms with van der Waals surface area (Å²) in [5.41, 5.74) is 0. The van der Waals surface area contributed by atoms with E-state index in [2.05, 4.69) is 33.4 Å². The van der Waals surface area contributed by atoms with Crippen molar-refractivity contribution in [2.45, 2.75) is 33.6 Å². The molecule has 0 nitrogen and oxygen atoms in total. The van der Waals surface area contributed by atoms with Crippen LogP contribution in [0, 0.1) is 11.8 Å². The van der Waals surface area contributed by atoms with E-state index >= 15 is 0 Å². The van der Waals surface area contributed by atoms with E-state index in [4.69, 9.17) is 0 Å². The van der Waals surface area contributed by atoms with Crippen LogP contribution in [-0.4, -0.2) is 0 Å². The normalized spacial score (nSPS) is 13.8. The second kappa shape index (κ2) is 4.60. The van der Waals surface area contributed by atoms with Gasteiger partial charge in [0.25, 0.3) is 0 Å². The molecule has 0 rings (SSSR count). The summed E-state index contributed by atoms with van der Waals surface area (Å²) in [6, 6.07) is 0. The Morgan fingerprint density at radius 2 is 2.00 bits per heavy atom. The average Bonchev–Trinajstić information content (AvgIpc) is 1.82. The molecule has 9 heavy (non-hydrogen) atoms. The highest BCUT2D eigenvalue weighted by Crippen LogP contribution is 2.16. The molecule has 0 heterocycles. The van der Waals surface area contributed by atoms with Crippen LogP contribution >= 0.6 is 0 Å². The number of rotatable bonds is 4. The molecule has 0 fully saturated rings. The van der Waals surface area contributed by atoms with Crippen LogP contribution in [0.1, 0.15) is 33.6 Å². The van der Waals surface area contributed by atoms with Crippen molar-refractivity contribution in [1.82, 2.24) is 0 Å². The molecule has 0 heteroatoms. The molecule has 0 spiro atoms.